The Labute approximate surface area is 119 Å². The van der Waals surface area contributed by atoms with Crippen LogP contribution in [0.5, 0.6) is 0 Å². The monoisotopic (exact) mass is 282 g/mol. The first kappa shape index (κ1) is 12.0. The number of aromatic nitrogens is 1. The van der Waals surface area contributed by atoms with Crippen LogP contribution in [-0.4, -0.2) is 11.1 Å². The van der Waals surface area contributed by atoms with Crippen molar-refractivity contribution in [2.75, 3.05) is 11.9 Å². The number of hydrogen-bond donors (Lipinski definition) is 1. The molecule has 0 atom stereocenters. The number of fused-ring (bicyclic) bond motifs is 2. The maximum atomic E-state index is 13.2. The van der Waals surface area contributed by atoms with Gasteiger partial charge < -0.3 is 14.3 Å². The summed E-state index contributed by atoms with van der Waals surface area (Å²) in [6, 6.07) is 7.79. The molecule has 0 spiro atoms. The lowest BCUT2D eigenvalue weighted by Crippen LogP contribution is -2.06. The van der Waals surface area contributed by atoms with Crippen LogP contribution in [0.4, 0.5) is 10.2 Å². The van der Waals surface area contributed by atoms with Crippen LogP contribution in [-0.2, 0) is 0 Å². The van der Waals surface area contributed by atoms with E-state index in [0.717, 1.165) is 17.9 Å². The van der Waals surface area contributed by atoms with E-state index < -0.39 is 11.4 Å². The third-order valence-electron chi connectivity index (χ3n) is 3.52. The van der Waals surface area contributed by atoms with Crippen LogP contribution in [0.25, 0.3) is 28.3 Å². The highest BCUT2D eigenvalue weighted by atomic mass is 19.1. The normalized spacial score (nSPS) is 13.2. The zero-order valence-electron chi connectivity index (χ0n) is 11.0. The number of anilines is 1. The van der Waals surface area contributed by atoms with Gasteiger partial charge in [0, 0.05) is 36.0 Å². The zero-order chi connectivity index (χ0) is 14.4. The fraction of sp³-hybridized carbons (Fsp3) is 0.0625. The number of hydrogen-bond acceptors (Lipinski definition) is 3. The molecular weight excluding hydrogens is 271 g/mol. The molecule has 0 radical (unpaired) electrons. The van der Waals surface area contributed by atoms with Gasteiger partial charge in [0.15, 0.2) is 0 Å². The molecule has 0 saturated heterocycles. The van der Waals surface area contributed by atoms with Crippen LogP contribution >= 0.6 is 0 Å². The SMILES string of the molecule is O=c1oc2cc(F)ccc2cc1-c1cc2n(c1)C=CCN2. The van der Waals surface area contributed by atoms with Gasteiger partial charge in [0.1, 0.15) is 17.2 Å². The van der Waals surface area contributed by atoms with Crippen LogP contribution in [0, 0.1) is 5.82 Å². The maximum Gasteiger partial charge on any atom is 0.344 e. The molecule has 1 aromatic carbocycles. The van der Waals surface area contributed by atoms with Gasteiger partial charge in [0.05, 0.1) is 5.56 Å². The Morgan fingerprint density at radius 3 is 3.00 bits per heavy atom. The number of halogens is 1. The van der Waals surface area contributed by atoms with Gasteiger partial charge in [-0.25, -0.2) is 9.18 Å². The molecule has 21 heavy (non-hydrogen) atoms. The van der Waals surface area contributed by atoms with Crippen LogP contribution < -0.4 is 10.9 Å². The molecule has 0 saturated carbocycles. The fourth-order valence-electron chi connectivity index (χ4n) is 2.51. The highest BCUT2D eigenvalue weighted by molar-refractivity contribution is 5.82. The van der Waals surface area contributed by atoms with E-state index >= 15 is 0 Å². The molecule has 0 fully saturated rings. The minimum atomic E-state index is -0.472. The molecule has 0 amide bonds. The zero-order valence-corrected chi connectivity index (χ0v) is 11.0. The molecule has 4 nitrogen and oxygen atoms in total. The van der Waals surface area contributed by atoms with Crippen molar-refractivity contribution in [2.24, 2.45) is 0 Å². The van der Waals surface area contributed by atoms with Crippen molar-refractivity contribution in [2.45, 2.75) is 0 Å². The van der Waals surface area contributed by atoms with Crippen molar-refractivity contribution in [1.82, 2.24) is 4.57 Å². The van der Waals surface area contributed by atoms with Crippen LogP contribution in [0.3, 0.4) is 0 Å². The van der Waals surface area contributed by atoms with Gasteiger partial charge in [-0.05, 0) is 30.3 Å². The van der Waals surface area contributed by atoms with Crippen molar-refractivity contribution >= 4 is 23.0 Å². The van der Waals surface area contributed by atoms with Gasteiger partial charge in [0.2, 0.25) is 0 Å². The summed E-state index contributed by atoms with van der Waals surface area (Å²) in [5, 5.41) is 3.90. The van der Waals surface area contributed by atoms with E-state index in [2.05, 4.69) is 5.32 Å². The average molecular weight is 282 g/mol. The highest BCUT2D eigenvalue weighted by Crippen LogP contribution is 2.27. The van der Waals surface area contributed by atoms with Crippen LogP contribution in [0.15, 0.2) is 51.8 Å². The van der Waals surface area contributed by atoms with Crippen LogP contribution in [0.2, 0.25) is 0 Å². The molecule has 2 aromatic heterocycles. The molecule has 0 bridgehead atoms. The van der Waals surface area contributed by atoms with Crippen molar-refractivity contribution in [3.8, 4) is 11.1 Å². The third-order valence-corrected chi connectivity index (χ3v) is 3.52. The molecule has 3 heterocycles. The summed E-state index contributed by atoms with van der Waals surface area (Å²) < 4.78 is 20.3. The Kier molecular flexibility index (Phi) is 2.47. The number of benzene rings is 1. The highest BCUT2D eigenvalue weighted by Gasteiger charge is 2.13. The largest absolute Gasteiger partial charge is 0.422 e. The van der Waals surface area contributed by atoms with E-state index in [1.165, 1.54) is 12.1 Å². The first-order valence-electron chi connectivity index (χ1n) is 6.57. The van der Waals surface area contributed by atoms with Gasteiger partial charge in [0.25, 0.3) is 0 Å². The van der Waals surface area contributed by atoms with Crippen molar-refractivity contribution in [3.63, 3.8) is 0 Å². The predicted molar refractivity (Wildman–Crippen MR) is 79.7 cm³/mol. The van der Waals surface area contributed by atoms with Crippen molar-refractivity contribution in [3.05, 3.63) is 58.8 Å². The summed E-state index contributed by atoms with van der Waals surface area (Å²) in [7, 11) is 0. The van der Waals surface area contributed by atoms with Gasteiger partial charge in [-0.2, -0.15) is 0 Å². The third kappa shape index (κ3) is 1.94. The summed E-state index contributed by atoms with van der Waals surface area (Å²) in [5.74, 6) is 0.498. The summed E-state index contributed by atoms with van der Waals surface area (Å²) in [5.41, 5.74) is 1.01. The summed E-state index contributed by atoms with van der Waals surface area (Å²) in [6.07, 6.45) is 5.79. The number of nitrogens with zero attached hydrogens (tertiary/aromatic N) is 1. The minimum Gasteiger partial charge on any atom is -0.422 e. The molecule has 0 aliphatic carbocycles. The summed E-state index contributed by atoms with van der Waals surface area (Å²) in [4.78, 5) is 12.1. The van der Waals surface area contributed by atoms with Crippen LogP contribution in [0.1, 0.15) is 0 Å². The molecule has 0 unspecified atom stereocenters. The molecule has 1 N–H and O–H groups in total. The quantitative estimate of drug-likeness (QED) is 0.697. The Morgan fingerprint density at radius 1 is 1.24 bits per heavy atom. The van der Waals surface area contributed by atoms with Gasteiger partial charge in [-0.1, -0.05) is 0 Å². The van der Waals surface area contributed by atoms with Gasteiger partial charge in [-0.3, -0.25) is 0 Å². The molecule has 1 aliphatic heterocycles. The van der Waals surface area contributed by atoms with E-state index in [4.69, 9.17) is 4.42 Å². The van der Waals surface area contributed by atoms with Crippen molar-refractivity contribution in [1.29, 1.82) is 0 Å². The lowest BCUT2D eigenvalue weighted by atomic mass is 10.1. The lowest BCUT2D eigenvalue weighted by Gasteiger charge is -2.09. The Morgan fingerprint density at radius 2 is 2.14 bits per heavy atom. The predicted octanol–water partition coefficient (Wildman–Crippen LogP) is 3.30. The molecular formula is C16H11FN2O2. The second-order valence-corrected chi connectivity index (χ2v) is 4.92. The summed E-state index contributed by atoms with van der Waals surface area (Å²) >= 11 is 0. The molecule has 104 valence electrons. The lowest BCUT2D eigenvalue weighted by molar-refractivity contribution is 0.556. The first-order valence-corrected chi connectivity index (χ1v) is 6.57. The Bertz CT molecular complexity index is 937. The smallest absolute Gasteiger partial charge is 0.344 e. The fourth-order valence-corrected chi connectivity index (χ4v) is 2.51. The Balaban J connectivity index is 1.92. The average Bonchev–Trinajstić information content (AvgIpc) is 2.90. The minimum absolute atomic E-state index is 0.255. The van der Waals surface area contributed by atoms with E-state index in [-0.39, 0.29) is 5.58 Å². The topological polar surface area (TPSA) is 47.2 Å². The first-order chi connectivity index (χ1) is 10.2. The second kappa shape index (κ2) is 4.34. The summed E-state index contributed by atoms with van der Waals surface area (Å²) in [6.45, 7) is 0.759. The second-order valence-electron chi connectivity index (χ2n) is 4.92. The number of rotatable bonds is 1. The van der Waals surface area contributed by atoms with E-state index in [1.54, 1.807) is 12.1 Å². The molecule has 4 rings (SSSR count). The van der Waals surface area contributed by atoms with Gasteiger partial charge >= 0.3 is 5.63 Å². The maximum absolute atomic E-state index is 13.2. The number of nitrogens with one attached hydrogen (secondary N) is 1. The van der Waals surface area contributed by atoms with E-state index in [0.29, 0.717) is 10.9 Å². The molecule has 5 heteroatoms. The van der Waals surface area contributed by atoms with E-state index in [1.807, 2.05) is 29.1 Å². The van der Waals surface area contributed by atoms with Crippen molar-refractivity contribution < 1.29 is 8.81 Å². The molecule has 1 aliphatic rings. The van der Waals surface area contributed by atoms with Gasteiger partial charge in [-0.15, -0.1) is 0 Å². The molecule has 3 aromatic rings. The Hall–Kier alpha value is -2.82. The van der Waals surface area contributed by atoms with E-state index in [9.17, 15) is 9.18 Å². The standard InChI is InChI=1S/C16H11FN2O2/c17-12-3-2-10-6-13(16(20)21-14(10)8-12)11-7-15-18-4-1-5-19(15)9-11/h1-3,5-9,18H,4H2.